The van der Waals surface area contributed by atoms with Crippen LogP contribution in [0.1, 0.15) is 28.7 Å². The first-order chi connectivity index (χ1) is 14.1. The minimum Gasteiger partial charge on any atom is -0.457 e. The number of hydrogen-bond acceptors (Lipinski definition) is 4. The highest BCUT2D eigenvalue weighted by atomic mass is 16.5. The molecule has 0 unspecified atom stereocenters. The fraction of sp³-hybridized carbons (Fsp3) is 0.125. The molecule has 5 nitrogen and oxygen atoms in total. The smallest absolute Gasteiger partial charge is 0.224 e. The lowest BCUT2D eigenvalue weighted by Crippen LogP contribution is -2.13. The average molecular weight is 381 g/mol. The van der Waals surface area contributed by atoms with Gasteiger partial charge in [0.15, 0.2) is 0 Å². The number of ether oxygens (including phenoxy) is 1. The van der Waals surface area contributed by atoms with Gasteiger partial charge in [0.25, 0.3) is 0 Å². The molecule has 1 N–H and O–H groups in total. The van der Waals surface area contributed by atoms with Crippen LogP contribution in [0, 0.1) is 29.6 Å². The number of anilines is 1. The highest BCUT2D eigenvalue weighted by Gasteiger charge is 2.07. The van der Waals surface area contributed by atoms with Gasteiger partial charge in [0, 0.05) is 12.1 Å². The van der Waals surface area contributed by atoms with Crippen molar-refractivity contribution in [2.75, 3.05) is 5.32 Å². The zero-order chi connectivity index (χ0) is 20.6. The van der Waals surface area contributed by atoms with Crippen molar-refractivity contribution in [1.29, 1.82) is 10.5 Å². The monoisotopic (exact) mass is 381 g/mol. The molecule has 0 saturated carbocycles. The van der Waals surface area contributed by atoms with E-state index in [-0.39, 0.29) is 5.91 Å². The van der Waals surface area contributed by atoms with Crippen molar-refractivity contribution in [2.45, 2.75) is 19.8 Å². The highest BCUT2D eigenvalue weighted by Crippen LogP contribution is 2.26. The maximum absolute atomic E-state index is 12.3. The van der Waals surface area contributed by atoms with E-state index in [1.807, 2.05) is 31.2 Å². The van der Waals surface area contributed by atoms with Crippen molar-refractivity contribution in [2.24, 2.45) is 0 Å². The summed E-state index contributed by atoms with van der Waals surface area (Å²) in [6, 6.07) is 23.7. The maximum atomic E-state index is 12.3. The summed E-state index contributed by atoms with van der Waals surface area (Å²) in [5.41, 5.74) is 3.83. The largest absolute Gasteiger partial charge is 0.457 e. The first kappa shape index (κ1) is 19.7. The predicted molar refractivity (Wildman–Crippen MR) is 111 cm³/mol. The molecule has 0 saturated heterocycles. The van der Waals surface area contributed by atoms with Crippen LogP contribution in [0.4, 0.5) is 5.69 Å². The normalized spacial score (nSPS) is 9.90. The second kappa shape index (κ2) is 9.21. The van der Waals surface area contributed by atoms with Gasteiger partial charge in [-0.25, -0.2) is 0 Å². The summed E-state index contributed by atoms with van der Waals surface area (Å²) in [7, 11) is 0. The van der Waals surface area contributed by atoms with Gasteiger partial charge in [-0.05, 0) is 79.1 Å². The number of nitriles is 2. The minimum atomic E-state index is -0.0711. The molecule has 0 radical (unpaired) electrons. The Bertz CT molecular complexity index is 1090. The lowest BCUT2D eigenvalue weighted by molar-refractivity contribution is -0.116. The van der Waals surface area contributed by atoms with E-state index in [1.165, 1.54) is 0 Å². The molecule has 0 fully saturated rings. The lowest BCUT2D eigenvalue weighted by atomic mass is 10.1. The summed E-state index contributed by atoms with van der Waals surface area (Å²) in [5, 5.41) is 20.6. The summed E-state index contributed by atoms with van der Waals surface area (Å²) in [6.45, 7) is 1.90. The zero-order valence-electron chi connectivity index (χ0n) is 16.0. The number of benzene rings is 3. The summed E-state index contributed by atoms with van der Waals surface area (Å²) in [5.74, 6) is 1.23. The average Bonchev–Trinajstić information content (AvgIpc) is 2.75. The van der Waals surface area contributed by atoms with Crippen molar-refractivity contribution < 1.29 is 9.53 Å². The molecule has 142 valence electrons. The second-order valence-corrected chi connectivity index (χ2v) is 6.57. The molecule has 3 aromatic carbocycles. The number of carbonyl (C=O) groups is 1. The van der Waals surface area contributed by atoms with Crippen LogP contribution in [-0.4, -0.2) is 5.91 Å². The third kappa shape index (κ3) is 5.45. The summed E-state index contributed by atoms with van der Waals surface area (Å²) in [4.78, 5) is 12.3. The summed E-state index contributed by atoms with van der Waals surface area (Å²) >= 11 is 0. The van der Waals surface area contributed by atoms with Crippen LogP contribution in [0.2, 0.25) is 0 Å². The molecule has 3 aromatic rings. The molecule has 29 heavy (non-hydrogen) atoms. The molecule has 0 aliphatic heterocycles. The van der Waals surface area contributed by atoms with Gasteiger partial charge in [-0.2, -0.15) is 10.5 Å². The van der Waals surface area contributed by atoms with E-state index in [0.717, 1.165) is 16.8 Å². The first-order valence-electron chi connectivity index (χ1n) is 9.15. The van der Waals surface area contributed by atoms with E-state index in [2.05, 4.69) is 17.5 Å². The van der Waals surface area contributed by atoms with Crippen LogP contribution < -0.4 is 10.1 Å². The second-order valence-electron chi connectivity index (χ2n) is 6.57. The number of hydrogen-bond donors (Lipinski definition) is 1. The van der Waals surface area contributed by atoms with Crippen molar-refractivity contribution in [3.05, 3.63) is 89.0 Å². The Hall–Kier alpha value is -4.09. The molecule has 0 heterocycles. The Morgan fingerprint density at radius 2 is 1.48 bits per heavy atom. The number of amides is 1. The first-order valence-corrected chi connectivity index (χ1v) is 9.15. The topological polar surface area (TPSA) is 85.9 Å². The van der Waals surface area contributed by atoms with Gasteiger partial charge < -0.3 is 10.1 Å². The van der Waals surface area contributed by atoms with Crippen LogP contribution in [0.25, 0.3) is 0 Å². The molecule has 0 aliphatic carbocycles. The van der Waals surface area contributed by atoms with Crippen LogP contribution >= 0.6 is 0 Å². The van der Waals surface area contributed by atoms with Gasteiger partial charge in [0.05, 0.1) is 23.3 Å². The van der Waals surface area contributed by atoms with Crippen molar-refractivity contribution in [3.63, 3.8) is 0 Å². The van der Waals surface area contributed by atoms with Gasteiger partial charge in [0.1, 0.15) is 11.5 Å². The van der Waals surface area contributed by atoms with E-state index in [0.29, 0.717) is 35.5 Å². The van der Waals surface area contributed by atoms with Crippen molar-refractivity contribution >= 4 is 11.6 Å². The lowest BCUT2D eigenvalue weighted by Gasteiger charge is -2.11. The predicted octanol–water partition coefficient (Wildman–Crippen LogP) is 5.10. The summed E-state index contributed by atoms with van der Waals surface area (Å²) < 4.78 is 5.80. The molecule has 1 amide bonds. The van der Waals surface area contributed by atoms with Crippen LogP contribution in [0.5, 0.6) is 11.5 Å². The summed E-state index contributed by atoms with van der Waals surface area (Å²) in [6.07, 6.45) is 0.964. The Morgan fingerprint density at radius 3 is 2.07 bits per heavy atom. The molecule has 0 bridgehead atoms. The maximum Gasteiger partial charge on any atom is 0.224 e. The van der Waals surface area contributed by atoms with Crippen LogP contribution in [0.3, 0.4) is 0 Å². The number of rotatable bonds is 6. The van der Waals surface area contributed by atoms with Gasteiger partial charge in [-0.15, -0.1) is 0 Å². The third-order valence-electron chi connectivity index (χ3n) is 4.41. The van der Waals surface area contributed by atoms with Gasteiger partial charge in [-0.3, -0.25) is 4.79 Å². The molecular formula is C24H19N3O2. The fourth-order valence-electron chi connectivity index (χ4n) is 2.79. The van der Waals surface area contributed by atoms with Crippen molar-refractivity contribution in [1.82, 2.24) is 0 Å². The van der Waals surface area contributed by atoms with Crippen molar-refractivity contribution in [3.8, 4) is 23.6 Å². The van der Waals surface area contributed by atoms with Crippen LogP contribution in [-0.2, 0) is 11.2 Å². The van der Waals surface area contributed by atoms with E-state index >= 15 is 0 Å². The molecular weight excluding hydrogens is 362 g/mol. The molecule has 5 heteroatoms. The Balaban J connectivity index is 1.57. The SMILES string of the molecule is Cc1cc(Oc2ccc(C#N)cc2)ccc1NC(=O)CCc1ccc(C#N)cc1. The fourth-order valence-corrected chi connectivity index (χ4v) is 2.79. The Kier molecular flexibility index (Phi) is 6.25. The number of nitrogens with one attached hydrogen (secondary N) is 1. The quantitative estimate of drug-likeness (QED) is 0.643. The van der Waals surface area contributed by atoms with E-state index in [1.54, 1.807) is 42.5 Å². The molecule has 0 spiro atoms. The Morgan fingerprint density at radius 1 is 0.897 bits per heavy atom. The number of nitrogens with zero attached hydrogens (tertiary/aromatic N) is 2. The van der Waals surface area contributed by atoms with Gasteiger partial charge in [-0.1, -0.05) is 12.1 Å². The molecule has 0 aliphatic rings. The highest BCUT2D eigenvalue weighted by molar-refractivity contribution is 5.91. The number of aryl methyl sites for hydroxylation is 2. The van der Waals surface area contributed by atoms with Crippen LogP contribution in [0.15, 0.2) is 66.7 Å². The standard InChI is InChI=1S/C24H19N3O2/c1-17-14-22(29-21-9-6-20(16-26)7-10-21)11-12-23(17)27-24(28)13-8-18-2-4-19(15-25)5-3-18/h2-7,9-12,14H,8,13H2,1H3,(H,27,28). The molecule has 3 rings (SSSR count). The Labute approximate surface area is 169 Å². The van der Waals surface area contributed by atoms with E-state index in [9.17, 15) is 4.79 Å². The molecule has 0 atom stereocenters. The van der Waals surface area contributed by atoms with Gasteiger partial charge in [0.2, 0.25) is 5.91 Å². The van der Waals surface area contributed by atoms with E-state index < -0.39 is 0 Å². The third-order valence-corrected chi connectivity index (χ3v) is 4.41. The minimum absolute atomic E-state index is 0.0711. The number of carbonyl (C=O) groups excluding carboxylic acids is 1. The van der Waals surface area contributed by atoms with Gasteiger partial charge >= 0.3 is 0 Å². The zero-order valence-corrected chi connectivity index (χ0v) is 16.0. The van der Waals surface area contributed by atoms with E-state index in [4.69, 9.17) is 15.3 Å². The molecule has 0 aromatic heterocycles.